The largest absolute Gasteiger partial charge is 1.00 e. The van der Waals surface area contributed by atoms with Crippen molar-refractivity contribution in [2.24, 2.45) is 0 Å². The Hall–Kier alpha value is 0.830. The van der Waals surface area contributed by atoms with Crippen LogP contribution in [0.2, 0.25) is 0 Å². The van der Waals surface area contributed by atoms with Crippen molar-refractivity contribution in [1.29, 1.82) is 0 Å². The Morgan fingerprint density at radius 3 is 1.48 bits per heavy atom. The minimum absolute atomic E-state index is 0. The van der Waals surface area contributed by atoms with Crippen molar-refractivity contribution in [1.82, 2.24) is 0 Å². The average Bonchev–Trinajstić information content (AvgIpc) is 2.45. The SMILES string of the molecule is CCCCCCCCCCCCOS(=O)(=O)[O-].CCCCO.[Na+]. The number of hydrogen-bond donors (Lipinski definition) is 1. The van der Waals surface area contributed by atoms with Gasteiger partial charge >= 0.3 is 29.6 Å². The van der Waals surface area contributed by atoms with E-state index in [9.17, 15) is 13.0 Å². The van der Waals surface area contributed by atoms with Crippen molar-refractivity contribution < 1.29 is 51.8 Å². The summed E-state index contributed by atoms with van der Waals surface area (Å²) in [5.41, 5.74) is 0. The first-order valence-corrected chi connectivity index (χ1v) is 10.0. The van der Waals surface area contributed by atoms with Crippen LogP contribution in [-0.2, 0) is 14.6 Å². The van der Waals surface area contributed by atoms with Crippen molar-refractivity contribution in [3.63, 3.8) is 0 Å². The molecule has 0 aliphatic carbocycles. The van der Waals surface area contributed by atoms with Crippen LogP contribution in [0.3, 0.4) is 0 Å². The van der Waals surface area contributed by atoms with E-state index in [1.165, 1.54) is 44.9 Å². The van der Waals surface area contributed by atoms with E-state index in [0.717, 1.165) is 25.7 Å². The molecule has 0 atom stereocenters. The monoisotopic (exact) mass is 362 g/mol. The molecular weight excluding hydrogens is 327 g/mol. The van der Waals surface area contributed by atoms with Gasteiger partial charge in [0, 0.05) is 6.61 Å². The molecule has 0 heterocycles. The van der Waals surface area contributed by atoms with Crippen LogP contribution in [0.25, 0.3) is 0 Å². The van der Waals surface area contributed by atoms with Crippen molar-refractivity contribution in [3.05, 3.63) is 0 Å². The van der Waals surface area contributed by atoms with Crippen LogP contribution in [0.1, 0.15) is 90.9 Å². The third kappa shape index (κ3) is 35.0. The van der Waals surface area contributed by atoms with Gasteiger partial charge in [-0.25, -0.2) is 8.42 Å². The van der Waals surface area contributed by atoms with Crippen molar-refractivity contribution >= 4 is 10.4 Å². The molecule has 0 aromatic carbocycles. The molecule has 0 spiro atoms. The fourth-order valence-corrected chi connectivity index (χ4v) is 2.23. The number of aliphatic hydroxyl groups excluding tert-OH is 1. The summed E-state index contributed by atoms with van der Waals surface area (Å²) in [4.78, 5) is 0. The van der Waals surface area contributed by atoms with Gasteiger partial charge in [0.05, 0.1) is 6.61 Å². The van der Waals surface area contributed by atoms with Gasteiger partial charge in [0.25, 0.3) is 0 Å². The summed E-state index contributed by atoms with van der Waals surface area (Å²) >= 11 is 0. The van der Waals surface area contributed by atoms with Gasteiger partial charge in [0.1, 0.15) is 0 Å². The van der Waals surface area contributed by atoms with Gasteiger partial charge in [0.2, 0.25) is 10.4 Å². The molecule has 0 rings (SSSR count). The summed E-state index contributed by atoms with van der Waals surface area (Å²) in [5.74, 6) is 0. The van der Waals surface area contributed by atoms with Crippen molar-refractivity contribution in [2.75, 3.05) is 13.2 Å². The molecule has 0 aliphatic rings. The molecule has 0 aromatic heterocycles. The van der Waals surface area contributed by atoms with Crippen molar-refractivity contribution in [3.8, 4) is 0 Å². The van der Waals surface area contributed by atoms with Crippen LogP contribution < -0.4 is 29.6 Å². The molecule has 0 amide bonds. The molecule has 7 heteroatoms. The predicted molar refractivity (Wildman–Crippen MR) is 89.5 cm³/mol. The molecule has 136 valence electrons. The van der Waals surface area contributed by atoms with E-state index in [-0.39, 0.29) is 36.2 Å². The van der Waals surface area contributed by atoms with Gasteiger partial charge in [-0.3, -0.25) is 4.18 Å². The van der Waals surface area contributed by atoms with Crippen LogP contribution in [-0.4, -0.2) is 31.3 Å². The second-order valence-electron chi connectivity index (χ2n) is 5.49. The predicted octanol–water partition coefficient (Wildman–Crippen LogP) is 1.17. The number of unbranched alkanes of at least 4 members (excludes halogenated alkanes) is 10. The second kappa shape index (κ2) is 22.8. The number of aliphatic hydroxyl groups is 1. The van der Waals surface area contributed by atoms with Crippen LogP contribution in [0.15, 0.2) is 0 Å². The quantitative estimate of drug-likeness (QED) is 0.217. The van der Waals surface area contributed by atoms with Gasteiger partial charge < -0.3 is 9.66 Å². The van der Waals surface area contributed by atoms with Gasteiger partial charge in [-0.1, -0.05) is 78.1 Å². The maximum atomic E-state index is 10.1. The third-order valence-corrected chi connectivity index (χ3v) is 3.69. The molecule has 1 N–H and O–H groups in total. The van der Waals surface area contributed by atoms with E-state index in [4.69, 9.17) is 5.11 Å². The van der Waals surface area contributed by atoms with E-state index in [1.54, 1.807) is 0 Å². The van der Waals surface area contributed by atoms with Gasteiger partial charge in [-0.2, -0.15) is 0 Å². The van der Waals surface area contributed by atoms with Crippen LogP contribution in [0.5, 0.6) is 0 Å². The molecule has 0 saturated carbocycles. The Morgan fingerprint density at radius 1 is 0.783 bits per heavy atom. The first-order chi connectivity index (χ1) is 10.5. The first-order valence-electron chi connectivity index (χ1n) is 8.69. The molecule has 23 heavy (non-hydrogen) atoms. The zero-order valence-electron chi connectivity index (χ0n) is 15.4. The Bertz CT molecular complexity index is 295. The van der Waals surface area contributed by atoms with E-state index in [0.29, 0.717) is 13.0 Å². The Balaban J connectivity index is -0.000000578. The zero-order valence-corrected chi connectivity index (χ0v) is 18.2. The molecule has 0 aromatic rings. The number of rotatable bonds is 14. The van der Waals surface area contributed by atoms with E-state index in [1.807, 2.05) is 0 Å². The summed E-state index contributed by atoms with van der Waals surface area (Å²) in [6.07, 6.45) is 13.7. The van der Waals surface area contributed by atoms with Gasteiger partial charge in [-0.05, 0) is 12.8 Å². The molecule has 5 nitrogen and oxygen atoms in total. The molecule has 0 saturated heterocycles. The minimum atomic E-state index is -4.48. The zero-order chi connectivity index (χ0) is 17.1. The van der Waals surface area contributed by atoms with Gasteiger partial charge in [-0.15, -0.1) is 0 Å². The smallest absolute Gasteiger partial charge is 0.726 e. The van der Waals surface area contributed by atoms with Crippen molar-refractivity contribution in [2.45, 2.75) is 90.9 Å². The Morgan fingerprint density at radius 2 is 1.17 bits per heavy atom. The summed E-state index contributed by atoms with van der Waals surface area (Å²) in [7, 11) is -4.48. The number of hydrogen-bond acceptors (Lipinski definition) is 5. The first kappa shape index (κ1) is 28.6. The molecule has 0 fully saturated rings. The summed E-state index contributed by atoms with van der Waals surface area (Å²) in [6.45, 7) is 4.64. The van der Waals surface area contributed by atoms with Crippen LogP contribution in [0.4, 0.5) is 0 Å². The molecular formula is C16H35NaO5S. The third-order valence-electron chi connectivity index (χ3n) is 3.24. The second-order valence-corrected chi connectivity index (χ2v) is 6.54. The average molecular weight is 363 g/mol. The topological polar surface area (TPSA) is 86.7 Å². The summed E-state index contributed by atoms with van der Waals surface area (Å²) < 4.78 is 34.5. The standard InChI is InChI=1S/C12H26O4S.C4H10O.Na/c1-2-3-4-5-6-7-8-9-10-11-12-16-17(13,14)15;1-2-3-4-5;/h2-12H2,1H3,(H,13,14,15);5H,2-4H2,1H3;/q;;+1/p-1. The molecule has 0 aliphatic heterocycles. The van der Waals surface area contributed by atoms with Crippen LogP contribution >= 0.6 is 0 Å². The van der Waals surface area contributed by atoms with E-state index >= 15 is 0 Å². The van der Waals surface area contributed by atoms with E-state index < -0.39 is 10.4 Å². The Kier molecular flexibility index (Phi) is 28.4. The fourth-order valence-electron chi connectivity index (χ4n) is 1.91. The normalized spacial score (nSPS) is 10.6. The summed E-state index contributed by atoms with van der Waals surface area (Å²) in [5, 5.41) is 8.07. The molecule has 0 radical (unpaired) electrons. The fraction of sp³-hybridized carbons (Fsp3) is 1.00. The maximum absolute atomic E-state index is 10.1. The molecule has 0 bridgehead atoms. The Labute approximate surface area is 165 Å². The molecule has 0 unspecified atom stereocenters. The van der Waals surface area contributed by atoms with Crippen LogP contribution in [0, 0.1) is 0 Å². The maximum Gasteiger partial charge on any atom is 1.00 e. The van der Waals surface area contributed by atoms with Gasteiger partial charge in [0.15, 0.2) is 0 Å². The minimum Gasteiger partial charge on any atom is -0.726 e. The van der Waals surface area contributed by atoms with E-state index in [2.05, 4.69) is 18.0 Å². The summed E-state index contributed by atoms with van der Waals surface area (Å²) in [6, 6.07) is 0.